The molecule has 1 aliphatic heterocycles. The number of Topliss-reactive ketones (excluding diaryl/α,β-unsaturated/α-hetero) is 1. The molecule has 0 aliphatic carbocycles. The Morgan fingerprint density at radius 1 is 0.933 bits per heavy atom. The number of piperidine rings is 1. The summed E-state index contributed by atoms with van der Waals surface area (Å²) in [5.74, 6) is 0.621. The normalized spacial score (nSPS) is 14.3. The van der Waals surface area contributed by atoms with E-state index in [1.165, 1.54) is 24.8 Å². The summed E-state index contributed by atoms with van der Waals surface area (Å²) in [7, 11) is 0. The summed E-state index contributed by atoms with van der Waals surface area (Å²) in [5, 5.41) is 2.98. The number of nitrogens with zero attached hydrogens (tertiary/aromatic N) is 1. The van der Waals surface area contributed by atoms with Gasteiger partial charge in [0, 0.05) is 31.5 Å². The van der Waals surface area contributed by atoms with Crippen LogP contribution in [0.3, 0.4) is 0 Å². The van der Waals surface area contributed by atoms with Crippen LogP contribution in [-0.2, 0) is 17.9 Å². The van der Waals surface area contributed by atoms with E-state index in [1.54, 1.807) is 24.3 Å². The first-order valence-electron chi connectivity index (χ1n) is 11.0. The van der Waals surface area contributed by atoms with Gasteiger partial charge < -0.3 is 10.1 Å². The molecule has 1 amide bonds. The molecule has 1 N–H and O–H groups in total. The van der Waals surface area contributed by atoms with E-state index in [0.717, 1.165) is 30.9 Å². The molecular weight excluding hydrogens is 376 g/mol. The van der Waals surface area contributed by atoms with Crippen LogP contribution >= 0.6 is 0 Å². The van der Waals surface area contributed by atoms with Gasteiger partial charge in [-0.2, -0.15) is 0 Å². The molecule has 5 heteroatoms. The van der Waals surface area contributed by atoms with Crippen LogP contribution in [0.5, 0.6) is 5.75 Å². The van der Waals surface area contributed by atoms with E-state index < -0.39 is 0 Å². The first-order chi connectivity index (χ1) is 14.7. The summed E-state index contributed by atoms with van der Waals surface area (Å²) in [5.41, 5.74) is 3.03. The van der Waals surface area contributed by atoms with Crippen molar-refractivity contribution in [2.24, 2.45) is 0 Å². The van der Waals surface area contributed by atoms with Gasteiger partial charge in [0.1, 0.15) is 5.75 Å². The maximum atomic E-state index is 12.3. The highest BCUT2D eigenvalue weighted by atomic mass is 16.5. The number of rotatable bonds is 10. The quantitative estimate of drug-likeness (QED) is 0.594. The van der Waals surface area contributed by atoms with Gasteiger partial charge in [-0.25, -0.2) is 0 Å². The molecule has 5 nitrogen and oxygen atoms in total. The fourth-order valence-electron chi connectivity index (χ4n) is 3.80. The summed E-state index contributed by atoms with van der Waals surface area (Å²) >= 11 is 0. The Morgan fingerprint density at radius 2 is 1.63 bits per heavy atom. The first-order valence-corrected chi connectivity index (χ1v) is 11.0. The van der Waals surface area contributed by atoms with Crippen molar-refractivity contribution in [3.8, 4) is 5.75 Å². The van der Waals surface area contributed by atoms with Crippen LogP contribution in [0.15, 0.2) is 48.5 Å². The average molecular weight is 409 g/mol. The fourth-order valence-corrected chi connectivity index (χ4v) is 3.80. The fraction of sp³-hybridized carbons (Fsp3) is 0.440. The number of amides is 1. The van der Waals surface area contributed by atoms with Gasteiger partial charge in [-0.15, -0.1) is 0 Å². The van der Waals surface area contributed by atoms with Gasteiger partial charge in [0.2, 0.25) is 5.91 Å². The zero-order valence-electron chi connectivity index (χ0n) is 17.9. The molecule has 0 atom stereocenters. The van der Waals surface area contributed by atoms with E-state index in [9.17, 15) is 9.59 Å². The van der Waals surface area contributed by atoms with Crippen LogP contribution in [0.2, 0.25) is 0 Å². The molecule has 2 aromatic carbocycles. The van der Waals surface area contributed by atoms with Gasteiger partial charge in [-0.3, -0.25) is 14.5 Å². The van der Waals surface area contributed by atoms with Gasteiger partial charge in [-0.05, 0) is 68.2 Å². The van der Waals surface area contributed by atoms with Crippen LogP contribution in [0.25, 0.3) is 0 Å². The molecular formula is C25H32N2O3. The monoisotopic (exact) mass is 408 g/mol. The van der Waals surface area contributed by atoms with Crippen molar-refractivity contribution < 1.29 is 14.3 Å². The van der Waals surface area contributed by atoms with E-state index in [1.807, 2.05) is 13.0 Å². The molecule has 1 fully saturated rings. The summed E-state index contributed by atoms with van der Waals surface area (Å²) in [6.45, 7) is 6.24. The van der Waals surface area contributed by atoms with Crippen LogP contribution in [0.1, 0.15) is 60.5 Å². The number of ether oxygens (including phenoxy) is 1. The van der Waals surface area contributed by atoms with Gasteiger partial charge in [0.25, 0.3) is 0 Å². The number of nitrogens with one attached hydrogen (secondary N) is 1. The Morgan fingerprint density at radius 3 is 2.33 bits per heavy atom. The average Bonchev–Trinajstić information content (AvgIpc) is 2.78. The van der Waals surface area contributed by atoms with Crippen molar-refractivity contribution in [2.75, 3.05) is 19.7 Å². The summed E-state index contributed by atoms with van der Waals surface area (Å²) < 4.78 is 5.39. The smallest absolute Gasteiger partial charge is 0.220 e. The lowest BCUT2D eigenvalue weighted by atomic mass is 10.0. The topological polar surface area (TPSA) is 58.6 Å². The Labute approximate surface area is 179 Å². The number of benzene rings is 2. The molecule has 0 bridgehead atoms. The maximum Gasteiger partial charge on any atom is 0.220 e. The van der Waals surface area contributed by atoms with E-state index in [0.29, 0.717) is 18.7 Å². The predicted molar refractivity (Wildman–Crippen MR) is 119 cm³/mol. The molecule has 3 rings (SSSR count). The molecule has 0 unspecified atom stereocenters. The van der Waals surface area contributed by atoms with Crippen LogP contribution in [-0.4, -0.2) is 36.3 Å². The minimum Gasteiger partial charge on any atom is -0.494 e. The number of carbonyl (C=O) groups is 2. The first kappa shape index (κ1) is 22.0. The summed E-state index contributed by atoms with van der Waals surface area (Å²) in [6.07, 6.45) is 4.25. The molecule has 30 heavy (non-hydrogen) atoms. The zero-order chi connectivity index (χ0) is 21.2. The third kappa shape index (κ3) is 6.70. The lowest BCUT2D eigenvalue weighted by molar-refractivity contribution is -0.121. The number of ketones is 1. The highest BCUT2D eigenvalue weighted by molar-refractivity contribution is 5.98. The SMILES string of the molecule is CCOc1ccc(C(=O)CCC(=O)NCc2ccccc2CN2CCCCC2)cc1. The number of carbonyl (C=O) groups excluding carboxylic acids is 2. The van der Waals surface area contributed by atoms with Gasteiger partial charge in [-0.1, -0.05) is 30.7 Å². The minimum absolute atomic E-state index is 0.0290. The maximum absolute atomic E-state index is 12.3. The van der Waals surface area contributed by atoms with Gasteiger partial charge >= 0.3 is 0 Å². The summed E-state index contributed by atoms with van der Waals surface area (Å²) in [4.78, 5) is 27.1. The minimum atomic E-state index is -0.0953. The zero-order valence-corrected chi connectivity index (χ0v) is 17.9. The Bertz CT molecular complexity index is 827. The van der Waals surface area contributed by atoms with E-state index in [2.05, 4.69) is 28.4 Å². The molecule has 0 spiro atoms. The molecule has 1 saturated heterocycles. The Balaban J connectivity index is 1.46. The Kier molecular flexibility index (Phi) is 8.45. The highest BCUT2D eigenvalue weighted by Gasteiger charge is 2.13. The molecule has 1 heterocycles. The molecule has 0 radical (unpaired) electrons. The van der Waals surface area contributed by atoms with E-state index in [-0.39, 0.29) is 24.5 Å². The third-order valence-electron chi connectivity index (χ3n) is 5.50. The number of hydrogen-bond donors (Lipinski definition) is 1. The van der Waals surface area contributed by atoms with Crippen molar-refractivity contribution in [3.05, 3.63) is 65.2 Å². The summed E-state index contributed by atoms with van der Waals surface area (Å²) in [6, 6.07) is 15.4. The number of hydrogen-bond acceptors (Lipinski definition) is 4. The van der Waals surface area contributed by atoms with Crippen molar-refractivity contribution in [1.82, 2.24) is 10.2 Å². The van der Waals surface area contributed by atoms with Crippen molar-refractivity contribution in [2.45, 2.75) is 52.1 Å². The molecule has 0 saturated carbocycles. The third-order valence-corrected chi connectivity index (χ3v) is 5.50. The lowest BCUT2D eigenvalue weighted by Crippen LogP contribution is -2.30. The standard InChI is InChI=1S/C25H32N2O3/c1-2-30-23-12-10-20(11-13-23)24(28)14-15-25(29)26-18-21-8-4-5-9-22(21)19-27-16-6-3-7-17-27/h4-5,8-13H,2-3,6-7,14-19H2,1H3,(H,26,29). The van der Waals surface area contributed by atoms with Gasteiger partial charge in [0.05, 0.1) is 6.61 Å². The lowest BCUT2D eigenvalue weighted by Gasteiger charge is -2.27. The largest absolute Gasteiger partial charge is 0.494 e. The van der Waals surface area contributed by atoms with Crippen LogP contribution in [0, 0.1) is 0 Å². The Hall–Kier alpha value is -2.66. The van der Waals surface area contributed by atoms with Crippen molar-refractivity contribution in [1.29, 1.82) is 0 Å². The molecule has 1 aliphatic rings. The molecule has 160 valence electrons. The highest BCUT2D eigenvalue weighted by Crippen LogP contribution is 2.17. The number of likely N-dealkylation sites (tertiary alicyclic amines) is 1. The molecule has 2 aromatic rings. The second-order valence-electron chi connectivity index (χ2n) is 7.76. The van der Waals surface area contributed by atoms with Gasteiger partial charge in [0.15, 0.2) is 5.78 Å². The van der Waals surface area contributed by atoms with Crippen LogP contribution in [0.4, 0.5) is 0 Å². The van der Waals surface area contributed by atoms with Crippen molar-refractivity contribution in [3.63, 3.8) is 0 Å². The van der Waals surface area contributed by atoms with E-state index in [4.69, 9.17) is 4.74 Å². The molecule has 0 aromatic heterocycles. The van der Waals surface area contributed by atoms with Crippen molar-refractivity contribution >= 4 is 11.7 Å². The second-order valence-corrected chi connectivity index (χ2v) is 7.76. The second kappa shape index (κ2) is 11.5. The van der Waals surface area contributed by atoms with Crippen LogP contribution < -0.4 is 10.1 Å². The van der Waals surface area contributed by atoms with E-state index >= 15 is 0 Å². The predicted octanol–water partition coefficient (Wildman–Crippen LogP) is 4.35.